The number of nitrogens with zero attached hydrogens (tertiary/aromatic N) is 5. The van der Waals surface area contributed by atoms with E-state index in [0.29, 0.717) is 72.6 Å². The van der Waals surface area contributed by atoms with Gasteiger partial charge in [0, 0.05) is 73.7 Å². The van der Waals surface area contributed by atoms with Crippen LogP contribution < -0.4 is 30.7 Å². The van der Waals surface area contributed by atoms with E-state index in [1.807, 2.05) is 36.0 Å². The molecule has 5 heterocycles. The maximum absolute atomic E-state index is 15.7. The molecule has 6 rings (SSSR count). The first kappa shape index (κ1) is 36.2. The zero-order chi connectivity index (χ0) is 36.6. The summed E-state index contributed by atoms with van der Waals surface area (Å²) in [6, 6.07) is 7.26. The highest BCUT2D eigenvalue weighted by atomic mass is 32.1. The standard InChI is InChI=1S/C36H43F2N7O5S/c1-41(2)18-27-28(49-4)14-22(15-29(27)50-5)26-19-42(3)35(48)25-17-30(51-33(25)26)34(47)40-31-9-13-44(20-36(31,37)38)23-6-10-43(11-7-23)24-8-12-45(21-46)32(39)16-24/h8,12,14-17,19,21,23,31,39H,6-7,9-11,13,18,20H2,1-5H3,(H,40,47). The third kappa shape index (κ3) is 7.28. The maximum atomic E-state index is 15.7. The van der Waals surface area contributed by atoms with Gasteiger partial charge < -0.3 is 29.2 Å². The number of rotatable bonds is 10. The summed E-state index contributed by atoms with van der Waals surface area (Å²) in [6.45, 7) is 1.81. The molecule has 51 heavy (non-hydrogen) atoms. The molecule has 2 fully saturated rings. The molecule has 0 radical (unpaired) electrons. The lowest BCUT2D eigenvalue weighted by Crippen LogP contribution is -2.61. The summed E-state index contributed by atoms with van der Waals surface area (Å²) >= 11 is 1.10. The lowest BCUT2D eigenvalue weighted by molar-refractivity contribution is -0.0987. The molecule has 0 saturated carbocycles. The number of carbonyl (C=O) groups is 2. The molecule has 12 nitrogen and oxygen atoms in total. The molecule has 272 valence electrons. The summed E-state index contributed by atoms with van der Waals surface area (Å²) < 4.78 is 46.0. The molecule has 4 aromatic rings. The quantitative estimate of drug-likeness (QED) is 0.237. The second-order valence-electron chi connectivity index (χ2n) is 13.5. The monoisotopic (exact) mass is 723 g/mol. The van der Waals surface area contributed by atoms with Crippen LogP contribution in [0.25, 0.3) is 21.2 Å². The second-order valence-corrected chi connectivity index (χ2v) is 14.5. The minimum Gasteiger partial charge on any atom is -0.496 e. The van der Waals surface area contributed by atoms with Crippen molar-refractivity contribution in [2.75, 3.05) is 59.4 Å². The number of hydrogen-bond donors (Lipinski definition) is 2. The number of alkyl halides is 2. The molecule has 0 aliphatic carbocycles. The number of halogens is 2. The summed E-state index contributed by atoms with van der Waals surface area (Å²) in [7, 11) is 8.68. The van der Waals surface area contributed by atoms with Crippen molar-refractivity contribution >= 4 is 39.4 Å². The van der Waals surface area contributed by atoms with Gasteiger partial charge in [0.05, 0.1) is 42.6 Å². The van der Waals surface area contributed by atoms with E-state index in [-0.39, 0.29) is 28.4 Å². The summed E-state index contributed by atoms with van der Waals surface area (Å²) in [5.74, 6) is -2.58. The number of nitrogens with one attached hydrogen (secondary N) is 2. The molecule has 1 unspecified atom stereocenters. The van der Waals surface area contributed by atoms with Gasteiger partial charge in [-0.2, -0.15) is 0 Å². The number of fused-ring (bicyclic) bond motifs is 1. The highest BCUT2D eigenvalue weighted by Gasteiger charge is 2.47. The summed E-state index contributed by atoms with van der Waals surface area (Å²) in [5.41, 5.74) is 2.88. The molecular weight excluding hydrogens is 681 g/mol. The minimum absolute atomic E-state index is 0.0331. The van der Waals surface area contributed by atoms with Crippen LogP contribution in [-0.4, -0.2) is 104 Å². The summed E-state index contributed by atoms with van der Waals surface area (Å²) in [4.78, 5) is 43.9. The number of methoxy groups -OCH3 is 2. The molecule has 2 N–H and O–H groups in total. The molecule has 2 aliphatic rings. The van der Waals surface area contributed by atoms with Crippen molar-refractivity contribution in [2.24, 2.45) is 7.05 Å². The second kappa shape index (κ2) is 14.6. The van der Waals surface area contributed by atoms with Crippen LogP contribution in [0.15, 0.2) is 47.5 Å². The molecular formula is C36H43F2N7O5S. The van der Waals surface area contributed by atoms with Crippen LogP contribution >= 0.6 is 11.3 Å². The Bertz CT molecular complexity index is 2040. The van der Waals surface area contributed by atoms with Gasteiger partial charge in [0.1, 0.15) is 17.0 Å². The lowest BCUT2D eigenvalue weighted by Gasteiger charge is -2.45. The number of pyridine rings is 2. The van der Waals surface area contributed by atoms with Crippen LogP contribution in [0.5, 0.6) is 11.5 Å². The van der Waals surface area contributed by atoms with Crippen molar-refractivity contribution in [3.63, 3.8) is 0 Å². The van der Waals surface area contributed by atoms with Crippen LogP contribution in [0.1, 0.15) is 34.5 Å². The van der Waals surface area contributed by atoms with E-state index in [4.69, 9.17) is 14.9 Å². The Kier molecular flexibility index (Phi) is 10.3. The molecule has 1 amide bonds. The third-order valence-corrected chi connectivity index (χ3v) is 11.0. The number of carbonyl (C=O) groups excluding carboxylic acids is 2. The highest BCUT2D eigenvalue weighted by molar-refractivity contribution is 7.21. The van der Waals surface area contributed by atoms with Crippen molar-refractivity contribution < 1.29 is 27.8 Å². The number of hydrogen-bond acceptors (Lipinski definition) is 10. The van der Waals surface area contributed by atoms with Gasteiger partial charge in [-0.1, -0.05) is 0 Å². The molecule has 15 heteroatoms. The number of thiophene rings is 1. The predicted molar refractivity (Wildman–Crippen MR) is 193 cm³/mol. The first-order valence-corrected chi connectivity index (χ1v) is 17.6. The van der Waals surface area contributed by atoms with Gasteiger partial charge in [0.25, 0.3) is 17.4 Å². The highest BCUT2D eigenvalue weighted by Crippen LogP contribution is 2.40. The fourth-order valence-electron chi connectivity index (χ4n) is 7.14. The van der Waals surface area contributed by atoms with Gasteiger partial charge in [-0.05, 0) is 63.2 Å². The Balaban J connectivity index is 1.17. The van der Waals surface area contributed by atoms with Gasteiger partial charge >= 0.3 is 0 Å². The van der Waals surface area contributed by atoms with Gasteiger partial charge in [-0.3, -0.25) is 29.3 Å². The normalized spacial score (nSPS) is 18.3. The van der Waals surface area contributed by atoms with Gasteiger partial charge in [0.2, 0.25) is 6.41 Å². The van der Waals surface area contributed by atoms with E-state index >= 15 is 8.78 Å². The Morgan fingerprint density at radius 3 is 2.37 bits per heavy atom. The van der Waals surface area contributed by atoms with E-state index in [9.17, 15) is 14.4 Å². The third-order valence-electron chi connectivity index (χ3n) is 9.83. The molecule has 3 aromatic heterocycles. The van der Waals surface area contributed by atoms with Crippen LogP contribution in [-0.2, 0) is 18.4 Å². The van der Waals surface area contributed by atoms with Crippen LogP contribution in [0.2, 0.25) is 0 Å². The zero-order valence-corrected chi connectivity index (χ0v) is 30.2. The Morgan fingerprint density at radius 2 is 1.78 bits per heavy atom. The van der Waals surface area contributed by atoms with Crippen LogP contribution in [0.3, 0.4) is 0 Å². The zero-order valence-electron chi connectivity index (χ0n) is 29.4. The number of ether oxygens (including phenoxy) is 2. The van der Waals surface area contributed by atoms with Crippen molar-refractivity contribution in [2.45, 2.75) is 43.8 Å². The largest absolute Gasteiger partial charge is 0.496 e. The molecule has 1 aromatic carbocycles. The Labute approximate surface area is 298 Å². The number of piperidine rings is 2. The van der Waals surface area contributed by atoms with Gasteiger partial charge in [-0.25, -0.2) is 8.78 Å². The molecule has 1 atom stereocenters. The minimum atomic E-state index is -3.16. The fourth-order valence-corrected chi connectivity index (χ4v) is 8.23. The van der Waals surface area contributed by atoms with Crippen LogP contribution in [0.4, 0.5) is 14.5 Å². The van der Waals surface area contributed by atoms with Crippen molar-refractivity contribution in [1.29, 1.82) is 5.41 Å². The first-order chi connectivity index (χ1) is 24.3. The first-order valence-electron chi connectivity index (χ1n) is 16.8. The number of anilines is 1. The van der Waals surface area contributed by atoms with Gasteiger partial charge in [0.15, 0.2) is 0 Å². The molecule has 2 aliphatic heterocycles. The van der Waals surface area contributed by atoms with E-state index in [2.05, 4.69) is 10.2 Å². The number of aryl methyl sites for hydroxylation is 1. The van der Waals surface area contributed by atoms with E-state index < -0.39 is 24.4 Å². The van der Waals surface area contributed by atoms with E-state index in [1.54, 1.807) is 45.8 Å². The topological polar surface area (TPSA) is 125 Å². The lowest BCUT2D eigenvalue weighted by atomic mass is 9.95. The average Bonchev–Trinajstić information content (AvgIpc) is 3.56. The van der Waals surface area contributed by atoms with E-state index in [0.717, 1.165) is 28.2 Å². The molecule has 2 saturated heterocycles. The van der Waals surface area contributed by atoms with Crippen molar-refractivity contribution in [3.05, 3.63) is 69.0 Å². The molecule has 0 spiro atoms. The SMILES string of the molecule is COc1cc(-c2cn(C)c(=O)c3cc(C(=O)NC4CCN(C5CCN(c6ccn(C=O)c(=N)c6)CC5)CC4(F)F)sc23)cc(OC)c1CN(C)C. The van der Waals surface area contributed by atoms with Gasteiger partial charge in [-0.15, -0.1) is 11.3 Å². The molecule has 0 bridgehead atoms. The summed E-state index contributed by atoms with van der Waals surface area (Å²) in [5, 5.41) is 10.9. The average molecular weight is 724 g/mol. The predicted octanol–water partition coefficient (Wildman–Crippen LogP) is 3.77. The number of benzene rings is 1. The number of amides is 1. The fraction of sp³-hybridized carbons (Fsp3) is 0.444. The Hall–Kier alpha value is -4.60. The summed E-state index contributed by atoms with van der Waals surface area (Å²) in [6.07, 6.45) is 5.27. The maximum Gasteiger partial charge on any atom is 0.280 e. The number of aromatic nitrogens is 2. The van der Waals surface area contributed by atoms with Crippen molar-refractivity contribution in [1.82, 2.24) is 24.3 Å². The van der Waals surface area contributed by atoms with Crippen molar-refractivity contribution in [3.8, 4) is 22.6 Å². The number of likely N-dealkylation sites (tertiary alicyclic amines) is 1. The van der Waals surface area contributed by atoms with Crippen LogP contribution in [0, 0.1) is 5.41 Å². The smallest absolute Gasteiger partial charge is 0.280 e. The van der Waals surface area contributed by atoms with E-state index in [1.165, 1.54) is 15.2 Å². The Morgan fingerprint density at radius 1 is 1.10 bits per heavy atom.